The number of methoxy groups -OCH3 is 1. The fraction of sp³-hybridized carbons (Fsp3) is 0.294. The van der Waals surface area contributed by atoms with E-state index < -0.39 is 11.9 Å². The molecule has 216 valence electrons. The van der Waals surface area contributed by atoms with Gasteiger partial charge in [-0.25, -0.2) is 0 Å². The molecule has 0 aliphatic carbocycles. The zero-order valence-corrected chi connectivity index (χ0v) is 23.7. The highest BCUT2D eigenvalue weighted by Crippen LogP contribution is 2.44. The summed E-state index contributed by atoms with van der Waals surface area (Å²) in [6, 6.07) is 20.5. The van der Waals surface area contributed by atoms with E-state index in [9.17, 15) is 14.7 Å². The lowest BCUT2D eigenvalue weighted by atomic mass is 9.86. The van der Waals surface area contributed by atoms with Crippen LogP contribution in [0.4, 0.5) is 0 Å². The number of esters is 1. The molecule has 0 saturated carbocycles. The Kier molecular flexibility index (Phi) is 7.61. The number of aryl methyl sites for hydroxylation is 2. The van der Waals surface area contributed by atoms with Crippen molar-refractivity contribution in [1.82, 2.24) is 4.57 Å². The van der Waals surface area contributed by atoms with Crippen LogP contribution in [0.15, 0.2) is 71.5 Å². The van der Waals surface area contributed by atoms with E-state index in [2.05, 4.69) is 6.07 Å². The minimum atomic E-state index is -0.559. The first-order valence-corrected chi connectivity index (χ1v) is 14.2. The van der Waals surface area contributed by atoms with Crippen LogP contribution in [0.3, 0.4) is 0 Å². The summed E-state index contributed by atoms with van der Waals surface area (Å²) < 4.78 is 24.9. The number of carbonyl (C=O) groups excluding carboxylic acids is 1. The Morgan fingerprint density at radius 2 is 1.79 bits per heavy atom. The molecule has 4 aromatic rings. The quantitative estimate of drug-likeness (QED) is 0.281. The zero-order chi connectivity index (χ0) is 29.2. The van der Waals surface area contributed by atoms with Crippen molar-refractivity contribution in [3.63, 3.8) is 0 Å². The van der Waals surface area contributed by atoms with E-state index in [1.165, 1.54) is 5.56 Å². The van der Waals surface area contributed by atoms with Crippen molar-refractivity contribution in [3.8, 4) is 28.7 Å². The molecule has 8 nitrogen and oxygen atoms in total. The van der Waals surface area contributed by atoms with Gasteiger partial charge in [-0.2, -0.15) is 0 Å². The average molecular weight is 568 g/mol. The largest absolute Gasteiger partial charge is 0.508 e. The molecule has 1 unspecified atom stereocenters. The number of para-hydroxylation sites is 1. The molecule has 1 aromatic heterocycles. The number of phenolic OH excluding ortho intramolecular Hbond substituents is 1. The number of hydrogen-bond acceptors (Lipinski definition) is 7. The molecule has 3 heterocycles. The topological polar surface area (TPSA) is 96.2 Å². The Labute approximate surface area is 244 Å². The summed E-state index contributed by atoms with van der Waals surface area (Å²) in [5, 5.41) is 9.61. The third-order valence-electron chi connectivity index (χ3n) is 8.01. The van der Waals surface area contributed by atoms with E-state index in [1.54, 1.807) is 29.9 Å². The maximum atomic E-state index is 14.0. The zero-order valence-electron chi connectivity index (χ0n) is 23.7. The minimum absolute atomic E-state index is 0.0115. The summed E-state index contributed by atoms with van der Waals surface area (Å²) >= 11 is 0. The van der Waals surface area contributed by atoms with Crippen molar-refractivity contribution in [2.45, 2.75) is 45.1 Å². The lowest BCUT2D eigenvalue weighted by Crippen LogP contribution is -2.33. The van der Waals surface area contributed by atoms with Gasteiger partial charge in [0.15, 0.2) is 11.5 Å². The number of aromatic hydroxyl groups is 1. The maximum Gasteiger partial charge on any atom is 0.312 e. The van der Waals surface area contributed by atoms with Gasteiger partial charge < -0.3 is 28.6 Å². The lowest BCUT2D eigenvalue weighted by Gasteiger charge is -2.28. The normalized spacial score (nSPS) is 15.4. The van der Waals surface area contributed by atoms with Gasteiger partial charge in [0, 0.05) is 42.6 Å². The van der Waals surface area contributed by atoms with Crippen molar-refractivity contribution in [2.24, 2.45) is 0 Å². The number of phenols is 1. The molecule has 1 atom stereocenters. The van der Waals surface area contributed by atoms with Crippen LogP contribution in [-0.4, -0.2) is 36.0 Å². The number of nitrogens with zero attached hydrogens (tertiary/aromatic N) is 1. The van der Waals surface area contributed by atoms with Gasteiger partial charge in [-0.15, -0.1) is 0 Å². The van der Waals surface area contributed by atoms with E-state index >= 15 is 0 Å². The molecule has 6 rings (SSSR count). The maximum absolute atomic E-state index is 14.0. The van der Waals surface area contributed by atoms with Gasteiger partial charge in [0.05, 0.1) is 32.3 Å². The van der Waals surface area contributed by atoms with E-state index in [4.69, 9.17) is 18.9 Å². The first kappa shape index (κ1) is 27.4. The van der Waals surface area contributed by atoms with Crippen molar-refractivity contribution >= 4 is 5.97 Å². The molecule has 42 heavy (non-hydrogen) atoms. The second-order valence-corrected chi connectivity index (χ2v) is 10.7. The van der Waals surface area contributed by atoms with Crippen molar-refractivity contribution in [3.05, 3.63) is 111 Å². The summed E-state index contributed by atoms with van der Waals surface area (Å²) in [5.74, 6) is 1.52. The van der Waals surface area contributed by atoms with Crippen LogP contribution in [0.25, 0.3) is 0 Å². The molecular weight excluding hydrogens is 534 g/mol. The first-order valence-electron chi connectivity index (χ1n) is 14.2. The summed E-state index contributed by atoms with van der Waals surface area (Å²) in [4.78, 5) is 26.8. The van der Waals surface area contributed by atoms with E-state index in [0.29, 0.717) is 60.9 Å². The summed E-state index contributed by atoms with van der Waals surface area (Å²) in [6.07, 6.45) is 2.20. The fourth-order valence-corrected chi connectivity index (χ4v) is 5.83. The second kappa shape index (κ2) is 11.6. The van der Waals surface area contributed by atoms with E-state index in [0.717, 1.165) is 23.3 Å². The van der Waals surface area contributed by atoms with Gasteiger partial charge in [0.2, 0.25) is 0 Å². The number of fused-ring (bicyclic) bond motifs is 2. The van der Waals surface area contributed by atoms with Crippen LogP contribution in [0.5, 0.6) is 28.7 Å². The average Bonchev–Trinajstić information content (AvgIpc) is 3.45. The number of ether oxygens (including phenoxy) is 4. The molecule has 1 N–H and O–H groups in total. The third-order valence-corrected chi connectivity index (χ3v) is 8.01. The fourth-order valence-electron chi connectivity index (χ4n) is 5.83. The SMILES string of the molecule is COc1cccc(C2CC(=O)Oc3cc(C)n(CCc4ccc(O)cc4)c(=O)c32)c1OCCc1ccc2c(c1)CCO2. The number of benzene rings is 3. The molecular formula is C34H33NO7. The van der Waals surface area contributed by atoms with Gasteiger partial charge in [-0.1, -0.05) is 36.4 Å². The Hall–Kier alpha value is -4.72. The summed E-state index contributed by atoms with van der Waals surface area (Å²) in [7, 11) is 1.58. The highest BCUT2D eigenvalue weighted by molar-refractivity contribution is 5.78. The molecule has 0 bridgehead atoms. The Morgan fingerprint density at radius 3 is 2.60 bits per heavy atom. The highest BCUT2D eigenvalue weighted by atomic mass is 16.5. The molecule has 2 aliphatic heterocycles. The smallest absolute Gasteiger partial charge is 0.312 e. The number of hydrogen-bond donors (Lipinski definition) is 1. The lowest BCUT2D eigenvalue weighted by molar-refractivity contribution is -0.135. The molecule has 3 aromatic carbocycles. The monoisotopic (exact) mass is 567 g/mol. The van der Waals surface area contributed by atoms with Gasteiger partial charge >= 0.3 is 5.97 Å². The Morgan fingerprint density at radius 1 is 0.976 bits per heavy atom. The van der Waals surface area contributed by atoms with E-state index in [1.807, 2.05) is 49.4 Å². The van der Waals surface area contributed by atoms with Crippen LogP contribution >= 0.6 is 0 Å². The summed E-state index contributed by atoms with van der Waals surface area (Å²) in [5.41, 5.74) is 5.00. The van der Waals surface area contributed by atoms with Crippen LogP contribution in [0.2, 0.25) is 0 Å². The molecule has 8 heteroatoms. The minimum Gasteiger partial charge on any atom is -0.508 e. The van der Waals surface area contributed by atoms with Gasteiger partial charge in [0.25, 0.3) is 5.56 Å². The van der Waals surface area contributed by atoms with Crippen molar-refractivity contribution in [2.75, 3.05) is 20.3 Å². The molecule has 0 radical (unpaired) electrons. The van der Waals surface area contributed by atoms with Crippen molar-refractivity contribution < 1.29 is 28.8 Å². The van der Waals surface area contributed by atoms with E-state index in [-0.39, 0.29) is 23.5 Å². The van der Waals surface area contributed by atoms with Crippen LogP contribution in [-0.2, 0) is 30.6 Å². The van der Waals surface area contributed by atoms with Gasteiger partial charge in [-0.3, -0.25) is 9.59 Å². The van der Waals surface area contributed by atoms with Crippen LogP contribution in [0, 0.1) is 6.92 Å². The standard InChI is InChI=1S/C34H33NO7/c1-21-18-30-32(34(38)35(21)15-12-22-6-9-25(36)10-7-22)27(20-31(37)42-30)26-4-3-5-29(39-2)33(26)41-16-13-23-8-11-28-24(19-23)14-17-40-28/h3-11,18-19,27,36H,12-17,20H2,1-2H3. The second-order valence-electron chi connectivity index (χ2n) is 10.7. The predicted octanol–water partition coefficient (Wildman–Crippen LogP) is 5.11. The number of pyridine rings is 1. The number of rotatable bonds is 9. The molecule has 0 amide bonds. The Balaban J connectivity index is 1.31. The molecule has 0 spiro atoms. The van der Waals surface area contributed by atoms with Crippen molar-refractivity contribution in [1.29, 1.82) is 0 Å². The van der Waals surface area contributed by atoms with Gasteiger partial charge in [-0.05, 0) is 54.3 Å². The van der Waals surface area contributed by atoms with Gasteiger partial charge in [0.1, 0.15) is 17.2 Å². The molecule has 2 aliphatic rings. The highest BCUT2D eigenvalue weighted by Gasteiger charge is 2.35. The Bertz CT molecular complexity index is 1690. The van der Waals surface area contributed by atoms with Crippen LogP contribution in [0.1, 0.15) is 45.8 Å². The number of carbonyl (C=O) groups is 1. The first-order chi connectivity index (χ1) is 20.4. The predicted molar refractivity (Wildman–Crippen MR) is 157 cm³/mol. The third kappa shape index (κ3) is 5.44. The summed E-state index contributed by atoms with van der Waals surface area (Å²) in [6.45, 7) is 3.38. The molecule has 0 saturated heterocycles. The van der Waals surface area contributed by atoms with Crippen LogP contribution < -0.4 is 24.5 Å². The molecule has 0 fully saturated rings. The number of aromatic nitrogens is 1.